The van der Waals surface area contributed by atoms with Gasteiger partial charge in [0.2, 0.25) is 0 Å². The fraction of sp³-hybridized carbons (Fsp3) is 0.0877. The number of benzene rings is 8. The summed E-state index contributed by atoms with van der Waals surface area (Å²) in [5.41, 5.74) is 15.3. The molecule has 1 nitrogen and oxygen atoms in total. The molecule has 11 rings (SSSR count). The van der Waals surface area contributed by atoms with Crippen molar-refractivity contribution >= 4 is 59.2 Å². The molecule has 0 atom stereocenters. The van der Waals surface area contributed by atoms with Crippen LogP contribution in [0.4, 0.5) is 11.4 Å². The summed E-state index contributed by atoms with van der Waals surface area (Å²) >= 11 is 1.89. The zero-order chi connectivity index (χ0) is 39.3. The Morgan fingerprint density at radius 1 is 0.593 bits per heavy atom. The minimum absolute atomic E-state index is 0.451. The number of hydrogen-bond donors (Lipinski definition) is 0. The predicted octanol–water partition coefficient (Wildman–Crippen LogP) is 15.6. The number of anilines is 2. The summed E-state index contributed by atoms with van der Waals surface area (Å²) in [7, 11) is 0. The second-order valence-corrected chi connectivity index (χ2v) is 16.9. The van der Waals surface area contributed by atoms with E-state index in [-0.39, 0.29) is 0 Å². The van der Waals surface area contributed by atoms with Crippen LogP contribution in [0.25, 0.3) is 47.6 Å². The van der Waals surface area contributed by atoms with Gasteiger partial charge in [-0.1, -0.05) is 164 Å². The van der Waals surface area contributed by atoms with Crippen LogP contribution in [-0.4, -0.2) is 0 Å². The number of thiophene rings is 1. The van der Waals surface area contributed by atoms with Gasteiger partial charge in [-0.2, -0.15) is 0 Å². The highest BCUT2D eigenvalue weighted by Gasteiger charge is 2.48. The Morgan fingerprint density at radius 3 is 2.00 bits per heavy atom. The number of allylic oxidation sites excluding steroid dienone is 5. The molecule has 1 heterocycles. The molecule has 9 aromatic rings. The van der Waals surface area contributed by atoms with Crippen LogP contribution in [0.1, 0.15) is 47.1 Å². The lowest BCUT2D eigenvalue weighted by molar-refractivity contribution is 0.750. The molecule has 8 aromatic carbocycles. The average molecular weight is 774 g/mol. The van der Waals surface area contributed by atoms with E-state index >= 15 is 0 Å². The van der Waals surface area contributed by atoms with Gasteiger partial charge in [0.25, 0.3) is 0 Å². The lowest BCUT2D eigenvalue weighted by Crippen LogP contribution is -2.30. The first-order chi connectivity index (χ1) is 29.2. The van der Waals surface area contributed by atoms with Gasteiger partial charge in [-0.05, 0) is 123 Å². The maximum absolute atomic E-state index is 4.13. The van der Waals surface area contributed by atoms with Gasteiger partial charge in [-0.25, -0.2) is 0 Å². The zero-order valence-corrected chi connectivity index (χ0v) is 33.8. The molecular weight excluding hydrogens is 731 g/mol. The van der Waals surface area contributed by atoms with Crippen molar-refractivity contribution in [3.63, 3.8) is 0 Å². The number of fused-ring (bicyclic) bond motifs is 6. The number of rotatable bonds is 9. The Hall–Kier alpha value is -6.74. The van der Waals surface area contributed by atoms with E-state index in [4.69, 9.17) is 0 Å². The third kappa shape index (κ3) is 5.74. The minimum Gasteiger partial charge on any atom is -0.314 e. The number of nitrogens with zero attached hydrogens (tertiary/aromatic N) is 1. The molecule has 0 N–H and O–H groups in total. The van der Waals surface area contributed by atoms with Gasteiger partial charge in [-0.15, -0.1) is 17.9 Å². The summed E-state index contributed by atoms with van der Waals surface area (Å²) in [6.45, 7) is 4.13. The fourth-order valence-electron chi connectivity index (χ4n) is 10.1. The predicted molar refractivity (Wildman–Crippen MR) is 253 cm³/mol. The Bertz CT molecular complexity index is 3070. The van der Waals surface area contributed by atoms with E-state index < -0.39 is 5.41 Å². The standard InChI is InChI=1S/C57H43NS/c1-2-3-17-42-36-40-18-10-11-19-41(40)37-54(42)58(45-32-30-39(31-33-45)47-26-16-27-51-50-25-13-15-29-55(50)59-56(47)51)46-34-35-49-48-24-12-14-28-52(48)57(53(49)38-46,43-20-6-4-7-21-43)44-22-8-5-9-23-44/h2,4-16,18-33,36-38H,1,3,17,34-35H2. The second kappa shape index (κ2) is 14.6. The van der Waals surface area contributed by atoms with Crippen LogP contribution >= 0.6 is 11.3 Å². The topological polar surface area (TPSA) is 3.24 Å². The van der Waals surface area contributed by atoms with Crippen LogP contribution in [0.3, 0.4) is 0 Å². The molecule has 0 fully saturated rings. The SMILES string of the molecule is C=CCCc1cc2ccccc2cc1N(C1=CC2=C(CC1)c1ccccc1C2(c1ccccc1)c1ccccc1)c1ccc(-c2cccc3c2sc2ccccc23)cc1. The maximum atomic E-state index is 4.13. The van der Waals surface area contributed by atoms with Crippen LogP contribution in [-0.2, 0) is 11.8 Å². The summed E-state index contributed by atoms with van der Waals surface area (Å²) in [5, 5.41) is 5.17. The molecule has 0 saturated carbocycles. The van der Waals surface area contributed by atoms with E-state index in [2.05, 4.69) is 206 Å². The second-order valence-electron chi connectivity index (χ2n) is 15.9. The first-order valence-electron chi connectivity index (χ1n) is 20.8. The van der Waals surface area contributed by atoms with Gasteiger partial charge in [-0.3, -0.25) is 0 Å². The molecular formula is C57H43NS. The zero-order valence-electron chi connectivity index (χ0n) is 32.9. The maximum Gasteiger partial charge on any atom is 0.0710 e. The minimum atomic E-state index is -0.451. The van der Waals surface area contributed by atoms with Gasteiger partial charge in [0.05, 0.1) is 5.41 Å². The molecule has 0 spiro atoms. The molecule has 2 aliphatic rings. The Kier molecular flexibility index (Phi) is 8.75. The number of aryl methyl sites for hydroxylation is 1. The average Bonchev–Trinajstić information content (AvgIpc) is 3.83. The molecule has 0 radical (unpaired) electrons. The van der Waals surface area contributed by atoms with Crippen LogP contribution in [0.2, 0.25) is 0 Å². The smallest absolute Gasteiger partial charge is 0.0710 e. The van der Waals surface area contributed by atoms with Gasteiger partial charge < -0.3 is 4.90 Å². The van der Waals surface area contributed by atoms with Crippen molar-refractivity contribution in [3.8, 4) is 11.1 Å². The molecule has 0 saturated heterocycles. The van der Waals surface area contributed by atoms with E-state index in [1.54, 1.807) is 0 Å². The molecule has 1 aromatic heterocycles. The van der Waals surface area contributed by atoms with Crippen molar-refractivity contribution in [2.75, 3.05) is 4.90 Å². The fourth-order valence-corrected chi connectivity index (χ4v) is 11.3. The molecule has 0 amide bonds. The summed E-state index contributed by atoms with van der Waals surface area (Å²) in [6.07, 6.45) is 8.31. The number of hydrogen-bond acceptors (Lipinski definition) is 2. The van der Waals surface area contributed by atoms with Crippen LogP contribution in [0.15, 0.2) is 218 Å². The summed E-state index contributed by atoms with van der Waals surface area (Å²) in [4.78, 5) is 2.59. The van der Waals surface area contributed by atoms with E-state index in [1.165, 1.54) is 98.1 Å². The summed E-state index contributed by atoms with van der Waals surface area (Å²) in [5.74, 6) is 0. The van der Waals surface area contributed by atoms with Crippen molar-refractivity contribution in [2.24, 2.45) is 0 Å². The molecule has 2 heteroatoms. The van der Waals surface area contributed by atoms with Gasteiger partial charge in [0.1, 0.15) is 0 Å². The Labute approximate surface area is 350 Å². The van der Waals surface area contributed by atoms with Crippen LogP contribution in [0.5, 0.6) is 0 Å². The highest BCUT2D eigenvalue weighted by atomic mass is 32.1. The van der Waals surface area contributed by atoms with Gasteiger partial charge in [0.15, 0.2) is 0 Å². The largest absolute Gasteiger partial charge is 0.314 e. The summed E-state index contributed by atoms with van der Waals surface area (Å²) < 4.78 is 2.67. The quantitative estimate of drug-likeness (QED) is 0.132. The van der Waals surface area contributed by atoms with E-state index in [0.717, 1.165) is 25.7 Å². The van der Waals surface area contributed by atoms with Crippen LogP contribution < -0.4 is 4.90 Å². The Balaban J connectivity index is 1.13. The normalized spacial score (nSPS) is 14.3. The monoisotopic (exact) mass is 773 g/mol. The highest BCUT2D eigenvalue weighted by Crippen LogP contribution is 2.58. The summed E-state index contributed by atoms with van der Waals surface area (Å²) in [6, 6.07) is 70.1. The van der Waals surface area contributed by atoms with E-state index in [9.17, 15) is 0 Å². The third-order valence-electron chi connectivity index (χ3n) is 12.7. The highest BCUT2D eigenvalue weighted by molar-refractivity contribution is 7.26. The van der Waals surface area contributed by atoms with Crippen molar-refractivity contribution in [2.45, 2.75) is 31.1 Å². The lowest BCUT2D eigenvalue weighted by atomic mass is 9.66. The van der Waals surface area contributed by atoms with Crippen molar-refractivity contribution in [1.82, 2.24) is 0 Å². The van der Waals surface area contributed by atoms with Crippen molar-refractivity contribution in [3.05, 3.63) is 246 Å². The van der Waals surface area contributed by atoms with Gasteiger partial charge in [0, 0.05) is 37.2 Å². The van der Waals surface area contributed by atoms with Crippen molar-refractivity contribution in [1.29, 1.82) is 0 Å². The third-order valence-corrected chi connectivity index (χ3v) is 13.9. The molecule has 0 bridgehead atoms. The molecule has 59 heavy (non-hydrogen) atoms. The van der Waals surface area contributed by atoms with E-state index in [1.807, 2.05) is 17.4 Å². The first kappa shape index (κ1) is 35.4. The molecule has 0 aliphatic heterocycles. The van der Waals surface area contributed by atoms with Crippen LogP contribution in [0, 0.1) is 0 Å². The first-order valence-corrected chi connectivity index (χ1v) is 21.6. The molecule has 2 aliphatic carbocycles. The van der Waals surface area contributed by atoms with Crippen molar-refractivity contribution < 1.29 is 0 Å². The molecule has 0 unspecified atom stereocenters. The van der Waals surface area contributed by atoms with E-state index in [0.29, 0.717) is 0 Å². The molecule has 282 valence electrons. The Morgan fingerprint density at radius 2 is 1.24 bits per heavy atom. The lowest BCUT2D eigenvalue weighted by Gasteiger charge is -2.38. The van der Waals surface area contributed by atoms with Gasteiger partial charge >= 0.3 is 0 Å².